The van der Waals surface area contributed by atoms with Crippen LogP contribution in [0.25, 0.3) is 0 Å². The molecule has 4 heteroatoms. The Kier molecular flexibility index (Phi) is 3.25. The summed E-state index contributed by atoms with van der Waals surface area (Å²) < 4.78 is 5.35. The van der Waals surface area contributed by atoms with Crippen molar-refractivity contribution < 1.29 is 20.1 Å². The molecule has 0 amide bonds. The van der Waals surface area contributed by atoms with Crippen LogP contribution in [0.15, 0.2) is 30.3 Å². The van der Waals surface area contributed by atoms with Crippen molar-refractivity contribution in [2.75, 3.05) is 0 Å². The van der Waals surface area contributed by atoms with E-state index in [2.05, 4.69) is 0 Å². The minimum Gasteiger partial charge on any atom is -0.388 e. The molecule has 1 heterocycles. The van der Waals surface area contributed by atoms with Crippen LogP contribution in [0.5, 0.6) is 0 Å². The second kappa shape index (κ2) is 4.51. The van der Waals surface area contributed by atoms with E-state index in [0.29, 0.717) is 5.56 Å². The third-order valence-electron chi connectivity index (χ3n) is 2.99. The van der Waals surface area contributed by atoms with Gasteiger partial charge in [0.15, 0.2) is 0 Å². The Bertz CT molecular complexity index is 340. The van der Waals surface area contributed by atoms with Gasteiger partial charge >= 0.3 is 0 Å². The topological polar surface area (TPSA) is 69.9 Å². The number of hydrogen-bond acceptors (Lipinski definition) is 4. The number of hydrogen-bond donors (Lipinski definition) is 3. The van der Waals surface area contributed by atoms with E-state index in [9.17, 15) is 15.3 Å². The van der Waals surface area contributed by atoms with Crippen molar-refractivity contribution in [3.05, 3.63) is 35.9 Å². The molecule has 4 nitrogen and oxygen atoms in total. The summed E-state index contributed by atoms with van der Waals surface area (Å²) >= 11 is 0. The van der Waals surface area contributed by atoms with E-state index in [1.54, 1.807) is 31.2 Å². The van der Waals surface area contributed by atoms with Crippen LogP contribution in [-0.2, 0) is 4.74 Å². The average Bonchev–Trinajstić information content (AvgIpc) is 2.57. The molecule has 1 aromatic rings. The van der Waals surface area contributed by atoms with Gasteiger partial charge in [-0.05, 0) is 12.5 Å². The zero-order valence-corrected chi connectivity index (χ0v) is 9.02. The monoisotopic (exact) mass is 224 g/mol. The molecule has 0 saturated carbocycles. The molecule has 16 heavy (non-hydrogen) atoms. The summed E-state index contributed by atoms with van der Waals surface area (Å²) in [6.45, 7) is 1.67. The maximum atomic E-state index is 10.0. The molecule has 2 rings (SSSR count). The summed E-state index contributed by atoms with van der Waals surface area (Å²) in [6.07, 6.45) is -4.14. The van der Waals surface area contributed by atoms with Gasteiger partial charge in [0.2, 0.25) is 0 Å². The molecule has 0 aliphatic carbocycles. The Hall–Kier alpha value is -0.940. The van der Waals surface area contributed by atoms with Crippen molar-refractivity contribution in [2.45, 2.75) is 37.4 Å². The molecule has 5 atom stereocenters. The number of aliphatic hydroxyl groups is 3. The summed E-state index contributed by atoms with van der Waals surface area (Å²) in [6, 6.07) is 8.98. The summed E-state index contributed by atoms with van der Waals surface area (Å²) in [4.78, 5) is 0. The first kappa shape index (κ1) is 11.5. The van der Waals surface area contributed by atoms with Crippen LogP contribution in [0.4, 0.5) is 0 Å². The Labute approximate surface area is 94.1 Å². The highest BCUT2D eigenvalue weighted by Crippen LogP contribution is 2.30. The Morgan fingerprint density at radius 1 is 1.12 bits per heavy atom. The van der Waals surface area contributed by atoms with E-state index in [1.807, 2.05) is 6.07 Å². The normalized spacial score (nSPS) is 36.2. The molecule has 0 bridgehead atoms. The van der Waals surface area contributed by atoms with Crippen LogP contribution >= 0.6 is 0 Å². The van der Waals surface area contributed by atoms with E-state index < -0.39 is 30.5 Å². The van der Waals surface area contributed by atoms with Crippen molar-refractivity contribution in [2.24, 2.45) is 0 Å². The van der Waals surface area contributed by atoms with E-state index in [1.165, 1.54) is 0 Å². The molecule has 1 saturated heterocycles. The fourth-order valence-electron chi connectivity index (χ4n) is 1.98. The van der Waals surface area contributed by atoms with Crippen LogP contribution in [0.1, 0.15) is 18.6 Å². The molecule has 0 unspecified atom stereocenters. The predicted octanol–water partition coefficient (Wildman–Crippen LogP) is 0.229. The molecule has 1 fully saturated rings. The zero-order valence-electron chi connectivity index (χ0n) is 9.02. The van der Waals surface area contributed by atoms with Crippen LogP contribution < -0.4 is 0 Å². The molecule has 1 aliphatic rings. The smallest absolute Gasteiger partial charge is 0.116 e. The van der Waals surface area contributed by atoms with Crippen molar-refractivity contribution >= 4 is 0 Å². The van der Waals surface area contributed by atoms with Gasteiger partial charge < -0.3 is 20.1 Å². The van der Waals surface area contributed by atoms with Crippen LogP contribution in [-0.4, -0.2) is 39.7 Å². The summed E-state index contributed by atoms with van der Waals surface area (Å²) in [5, 5.41) is 29.3. The summed E-state index contributed by atoms with van der Waals surface area (Å²) in [5.74, 6) is 0. The van der Waals surface area contributed by atoms with Crippen molar-refractivity contribution in [1.29, 1.82) is 0 Å². The molecule has 0 aromatic heterocycles. The first-order valence-corrected chi connectivity index (χ1v) is 5.36. The average molecular weight is 224 g/mol. The lowest BCUT2D eigenvalue weighted by Gasteiger charge is -2.21. The molecular formula is C12H16O4. The molecule has 88 valence electrons. The van der Waals surface area contributed by atoms with Gasteiger partial charge in [-0.1, -0.05) is 30.3 Å². The lowest BCUT2D eigenvalue weighted by molar-refractivity contribution is -0.0635. The molecule has 3 N–H and O–H groups in total. The number of aliphatic hydroxyl groups excluding tert-OH is 3. The van der Waals surface area contributed by atoms with Gasteiger partial charge in [0.25, 0.3) is 0 Å². The number of benzene rings is 1. The lowest BCUT2D eigenvalue weighted by atomic mass is 9.99. The second-order valence-electron chi connectivity index (χ2n) is 4.14. The quantitative estimate of drug-likeness (QED) is 0.672. The molecule has 0 radical (unpaired) electrons. The largest absolute Gasteiger partial charge is 0.388 e. The van der Waals surface area contributed by atoms with Gasteiger partial charge in [-0.2, -0.15) is 0 Å². The van der Waals surface area contributed by atoms with Gasteiger partial charge in [0.1, 0.15) is 24.4 Å². The fraction of sp³-hybridized carbons (Fsp3) is 0.500. The predicted molar refractivity (Wildman–Crippen MR) is 57.8 cm³/mol. The van der Waals surface area contributed by atoms with E-state index in [-0.39, 0.29) is 0 Å². The van der Waals surface area contributed by atoms with E-state index >= 15 is 0 Å². The Morgan fingerprint density at radius 2 is 1.75 bits per heavy atom. The van der Waals surface area contributed by atoms with Gasteiger partial charge in [-0.25, -0.2) is 0 Å². The molecule has 1 aliphatic heterocycles. The van der Waals surface area contributed by atoms with Gasteiger partial charge in [0, 0.05) is 0 Å². The maximum absolute atomic E-state index is 10.0. The number of ether oxygens (including phenoxy) is 1. The van der Waals surface area contributed by atoms with E-state index in [4.69, 9.17) is 4.74 Å². The lowest BCUT2D eigenvalue weighted by Crippen LogP contribution is -2.34. The second-order valence-corrected chi connectivity index (χ2v) is 4.14. The van der Waals surface area contributed by atoms with Crippen molar-refractivity contribution in [3.8, 4) is 0 Å². The summed E-state index contributed by atoms with van der Waals surface area (Å²) in [5.41, 5.74) is 0.674. The number of rotatable bonds is 2. The summed E-state index contributed by atoms with van der Waals surface area (Å²) in [7, 11) is 0. The Morgan fingerprint density at radius 3 is 2.25 bits per heavy atom. The third kappa shape index (κ3) is 1.97. The first-order valence-electron chi connectivity index (χ1n) is 5.36. The van der Waals surface area contributed by atoms with Crippen LogP contribution in [0.2, 0.25) is 0 Å². The van der Waals surface area contributed by atoms with Gasteiger partial charge in [0.05, 0.1) is 6.10 Å². The molecule has 1 aromatic carbocycles. The van der Waals surface area contributed by atoms with Crippen LogP contribution in [0, 0.1) is 0 Å². The highest BCUT2D eigenvalue weighted by molar-refractivity contribution is 5.19. The SMILES string of the molecule is C[C@@H]1O[C@@H]([C@@H](O)c2ccccc2)[C@@H](O)[C@H]1O. The zero-order chi connectivity index (χ0) is 11.7. The third-order valence-corrected chi connectivity index (χ3v) is 2.99. The van der Waals surface area contributed by atoms with E-state index in [0.717, 1.165) is 0 Å². The maximum Gasteiger partial charge on any atom is 0.116 e. The minimum absolute atomic E-state index is 0.460. The van der Waals surface area contributed by atoms with Gasteiger partial charge in [-0.15, -0.1) is 0 Å². The van der Waals surface area contributed by atoms with Gasteiger partial charge in [-0.3, -0.25) is 0 Å². The molecule has 0 spiro atoms. The van der Waals surface area contributed by atoms with Crippen LogP contribution in [0.3, 0.4) is 0 Å². The first-order chi connectivity index (χ1) is 7.61. The standard InChI is InChI=1S/C12H16O4/c1-7-9(13)11(15)12(16-7)10(14)8-5-3-2-4-6-8/h2-7,9-15H,1H3/t7-,9-,10-,11-,12-/m0/s1. The Balaban J connectivity index is 2.15. The highest BCUT2D eigenvalue weighted by Gasteiger charge is 2.44. The van der Waals surface area contributed by atoms with Crippen molar-refractivity contribution in [1.82, 2.24) is 0 Å². The minimum atomic E-state index is -1.05. The highest BCUT2D eigenvalue weighted by atomic mass is 16.6. The van der Waals surface area contributed by atoms with Crippen molar-refractivity contribution in [3.63, 3.8) is 0 Å². The fourth-order valence-corrected chi connectivity index (χ4v) is 1.98. The molecular weight excluding hydrogens is 208 g/mol.